The van der Waals surface area contributed by atoms with Crippen molar-refractivity contribution in [2.45, 2.75) is 11.0 Å². The lowest BCUT2D eigenvalue weighted by atomic mass is 10.3. The van der Waals surface area contributed by atoms with E-state index < -0.39 is 6.10 Å². The Morgan fingerprint density at radius 2 is 2.12 bits per heavy atom. The van der Waals surface area contributed by atoms with E-state index in [-0.39, 0.29) is 6.61 Å². The molecule has 0 spiro atoms. The lowest BCUT2D eigenvalue weighted by molar-refractivity contribution is 0.113. The summed E-state index contributed by atoms with van der Waals surface area (Å²) in [5.74, 6) is 0.377. The fraction of sp³-hybridized carbons (Fsp3) is 0.333. The van der Waals surface area contributed by atoms with Crippen molar-refractivity contribution >= 4 is 28.5 Å². The van der Waals surface area contributed by atoms with Gasteiger partial charge in [0.1, 0.15) is 0 Å². The molecule has 1 aromatic heterocycles. The molecule has 1 aromatic carbocycles. The molecule has 7 heteroatoms. The number of benzene rings is 1. The Morgan fingerprint density at radius 1 is 1.38 bits per heavy atom. The summed E-state index contributed by atoms with van der Waals surface area (Å²) in [6, 6.07) is 3.50. The molecule has 0 amide bonds. The lowest BCUT2D eigenvalue weighted by Gasteiger charge is -2.06. The molecule has 0 radical (unpaired) electrons. The van der Waals surface area contributed by atoms with Gasteiger partial charge in [-0.3, -0.25) is 0 Å². The lowest BCUT2D eigenvalue weighted by Crippen LogP contribution is -2.14. The highest BCUT2D eigenvalue weighted by Gasteiger charge is 2.11. The van der Waals surface area contributed by atoms with Crippen molar-refractivity contribution in [3.05, 3.63) is 12.1 Å². The summed E-state index contributed by atoms with van der Waals surface area (Å²) in [5, 5.41) is 25.4. The number of thioether (sulfide) groups is 1. The first-order valence-electron chi connectivity index (χ1n) is 4.65. The van der Waals surface area contributed by atoms with Crippen molar-refractivity contribution in [2.24, 2.45) is 0 Å². The van der Waals surface area contributed by atoms with Crippen LogP contribution in [-0.2, 0) is 0 Å². The summed E-state index contributed by atoms with van der Waals surface area (Å²) in [6.07, 6.45) is -0.752. The van der Waals surface area contributed by atoms with Crippen LogP contribution in [0.3, 0.4) is 0 Å². The van der Waals surface area contributed by atoms with Crippen molar-refractivity contribution in [3.63, 3.8) is 0 Å². The fourth-order valence-corrected chi connectivity index (χ4v) is 2.13. The molecule has 0 fully saturated rings. The third-order valence-electron chi connectivity index (χ3n) is 2.05. The van der Waals surface area contributed by atoms with E-state index in [9.17, 15) is 5.11 Å². The molecule has 0 saturated carbocycles. The van der Waals surface area contributed by atoms with Crippen molar-refractivity contribution in [1.82, 2.24) is 10.3 Å². The molecule has 0 saturated heterocycles. The van der Waals surface area contributed by atoms with Gasteiger partial charge in [0.05, 0.1) is 18.4 Å². The molecule has 0 aliphatic carbocycles. The van der Waals surface area contributed by atoms with Gasteiger partial charge >= 0.3 is 0 Å². The number of nitrogen functional groups attached to an aromatic ring is 1. The molecule has 16 heavy (non-hydrogen) atoms. The smallest absolute Gasteiger partial charge is 0.159 e. The van der Waals surface area contributed by atoms with Gasteiger partial charge in [0.25, 0.3) is 0 Å². The Labute approximate surface area is 95.4 Å². The van der Waals surface area contributed by atoms with E-state index in [0.29, 0.717) is 22.5 Å². The second-order valence-corrected chi connectivity index (χ2v) is 4.32. The highest BCUT2D eigenvalue weighted by atomic mass is 32.2. The molecule has 1 atom stereocenters. The Kier molecular flexibility index (Phi) is 3.28. The van der Waals surface area contributed by atoms with Gasteiger partial charge in [0.2, 0.25) is 0 Å². The number of nitrogens with two attached hydrogens (primary N) is 1. The molecule has 2 rings (SSSR count). The van der Waals surface area contributed by atoms with Gasteiger partial charge in [-0.1, -0.05) is 0 Å². The predicted octanol–water partition coefficient (Wildman–Crippen LogP) is 0.250. The second-order valence-electron chi connectivity index (χ2n) is 3.26. The highest BCUT2D eigenvalue weighted by Crippen LogP contribution is 2.29. The summed E-state index contributed by atoms with van der Waals surface area (Å²) in [7, 11) is 0. The summed E-state index contributed by atoms with van der Waals surface area (Å²) in [5.41, 5.74) is 7.29. The Morgan fingerprint density at radius 3 is 2.88 bits per heavy atom. The molecular weight excluding hydrogens is 230 g/mol. The molecular formula is C9H11N3O3S. The zero-order valence-electron chi connectivity index (χ0n) is 8.33. The number of hydrogen-bond donors (Lipinski definition) is 3. The van der Waals surface area contributed by atoms with Crippen LogP contribution in [0.1, 0.15) is 0 Å². The molecule has 0 aliphatic heterocycles. The molecule has 1 unspecified atom stereocenters. The number of hydrogen-bond acceptors (Lipinski definition) is 7. The number of nitrogens with zero attached hydrogens (tertiary/aromatic N) is 2. The van der Waals surface area contributed by atoms with Gasteiger partial charge in [-0.2, -0.15) is 0 Å². The van der Waals surface area contributed by atoms with Crippen LogP contribution in [0.2, 0.25) is 0 Å². The van der Waals surface area contributed by atoms with E-state index in [4.69, 9.17) is 10.8 Å². The van der Waals surface area contributed by atoms with Gasteiger partial charge in [-0.25, -0.2) is 4.63 Å². The molecule has 4 N–H and O–H groups in total. The third kappa shape index (κ3) is 2.11. The van der Waals surface area contributed by atoms with Crippen molar-refractivity contribution < 1.29 is 14.8 Å². The third-order valence-corrected chi connectivity index (χ3v) is 3.24. The van der Waals surface area contributed by atoms with Crippen LogP contribution in [0.5, 0.6) is 0 Å². The minimum atomic E-state index is -0.752. The average Bonchev–Trinajstić information content (AvgIpc) is 2.77. The zero-order chi connectivity index (χ0) is 11.5. The first-order chi connectivity index (χ1) is 7.72. The van der Waals surface area contributed by atoms with Crippen LogP contribution in [0.4, 0.5) is 5.69 Å². The largest absolute Gasteiger partial charge is 0.397 e. The minimum absolute atomic E-state index is 0.262. The van der Waals surface area contributed by atoms with E-state index in [0.717, 1.165) is 4.90 Å². The standard InChI is InChI=1S/C9H11N3O3S/c10-6-1-2-7(16-4-5(14)3-13)9-8(6)11-15-12-9/h1-2,5,13-14H,3-4,10H2. The molecule has 6 nitrogen and oxygen atoms in total. The van der Waals surface area contributed by atoms with E-state index in [1.165, 1.54) is 11.8 Å². The van der Waals surface area contributed by atoms with Gasteiger partial charge in [0.15, 0.2) is 11.0 Å². The molecule has 1 heterocycles. The average molecular weight is 241 g/mol. The van der Waals surface area contributed by atoms with Gasteiger partial charge in [-0.15, -0.1) is 11.8 Å². The van der Waals surface area contributed by atoms with Gasteiger partial charge in [0, 0.05) is 10.6 Å². The summed E-state index contributed by atoms with van der Waals surface area (Å²) < 4.78 is 4.61. The number of anilines is 1. The van der Waals surface area contributed by atoms with E-state index in [1.54, 1.807) is 12.1 Å². The van der Waals surface area contributed by atoms with Crippen LogP contribution in [0, 0.1) is 0 Å². The monoisotopic (exact) mass is 241 g/mol. The number of aliphatic hydroxyl groups excluding tert-OH is 2. The van der Waals surface area contributed by atoms with Crippen LogP contribution in [0.15, 0.2) is 21.7 Å². The molecule has 86 valence electrons. The minimum Gasteiger partial charge on any atom is -0.397 e. The van der Waals surface area contributed by atoms with Crippen LogP contribution in [-0.4, -0.2) is 39.0 Å². The number of aliphatic hydroxyl groups is 2. The van der Waals surface area contributed by atoms with Gasteiger partial charge < -0.3 is 15.9 Å². The van der Waals surface area contributed by atoms with Gasteiger partial charge in [-0.05, 0) is 22.4 Å². The fourth-order valence-electron chi connectivity index (χ4n) is 1.22. The van der Waals surface area contributed by atoms with Crippen LogP contribution >= 0.6 is 11.8 Å². The van der Waals surface area contributed by atoms with E-state index >= 15 is 0 Å². The van der Waals surface area contributed by atoms with Crippen molar-refractivity contribution in [3.8, 4) is 0 Å². The normalized spacial score (nSPS) is 13.1. The maximum absolute atomic E-state index is 9.24. The molecule has 0 aliphatic rings. The van der Waals surface area contributed by atoms with Crippen LogP contribution < -0.4 is 5.73 Å². The number of rotatable bonds is 4. The predicted molar refractivity (Wildman–Crippen MR) is 60.0 cm³/mol. The van der Waals surface area contributed by atoms with Crippen molar-refractivity contribution in [1.29, 1.82) is 0 Å². The molecule has 2 aromatic rings. The van der Waals surface area contributed by atoms with Crippen molar-refractivity contribution in [2.75, 3.05) is 18.1 Å². The molecule has 0 bridgehead atoms. The maximum Gasteiger partial charge on any atom is 0.159 e. The second kappa shape index (κ2) is 4.69. The summed E-state index contributed by atoms with van der Waals surface area (Å²) in [6.45, 7) is -0.262. The Balaban J connectivity index is 2.24. The highest BCUT2D eigenvalue weighted by molar-refractivity contribution is 7.99. The number of fused-ring (bicyclic) bond motifs is 1. The summed E-state index contributed by atoms with van der Waals surface area (Å²) >= 11 is 1.37. The first-order valence-corrected chi connectivity index (χ1v) is 5.63. The Hall–Kier alpha value is -1.31. The summed E-state index contributed by atoms with van der Waals surface area (Å²) in [4.78, 5) is 0.818. The number of aromatic nitrogens is 2. The van der Waals surface area contributed by atoms with E-state index in [1.807, 2.05) is 0 Å². The van der Waals surface area contributed by atoms with Crippen LogP contribution in [0.25, 0.3) is 11.0 Å². The zero-order valence-corrected chi connectivity index (χ0v) is 9.15. The SMILES string of the molecule is Nc1ccc(SCC(O)CO)c2nonc12. The first kappa shape index (κ1) is 11.2. The maximum atomic E-state index is 9.24. The van der Waals surface area contributed by atoms with E-state index in [2.05, 4.69) is 14.9 Å². The Bertz CT molecular complexity index is 488. The topological polar surface area (TPSA) is 105 Å². The quantitative estimate of drug-likeness (QED) is 0.520.